The fraction of sp³-hybridized carbons (Fsp3) is 0.450. The maximum absolute atomic E-state index is 13.1. The molecule has 2 heterocycles. The van der Waals surface area contributed by atoms with Crippen LogP contribution in [-0.4, -0.2) is 75.4 Å². The van der Waals surface area contributed by atoms with Crippen LogP contribution in [-0.2, 0) is 33.3 Å². The van der Waals surface area contributed by atoms with Gasteiger partial charge in [-0.05, 0) is 28.1 Å². The molecule has 32 heavy (non-hydrogen) atoms. The summed E-state index contributed by atoms with van der Waals surface area (Å²) in [5, 5.41) is 11.1. The summed E-state index contributed by atoms with van der Waals surface area (Å²) in [6.45, 7) is 2.80. The smallest absolute Gasteiger partial charge is 0.303 e. The number of amides is 2. The summed E-state index contributed by atoms with van der Waals surface area (Å²) in [4.78, 5) is 61.7. The van der Waals surface area contributed by atoms with E-state index in [4.69, 9.17) is 18.9 Å². The van der Waals surface area contributed by atoms with Crippen molar-refractivity contribution in [3.05, 3.63) is 35.4 Å². The van der Waals surface area contributed by atoms with Gasteiger partial charge in [0.05, 0.1) is 11.1 Å². The van der Waals surface area contributed by atoms with Crippen molar-refractivity contribution < 1.29 is 48.0 Å². The van der Waals surface area contributed by atoms with Crippen LogP contribution < -0.4 is 0 Å². The minimum atomic E-state index is -2.44. The maximum Gasteiger partial charge on any atom is 0.303 e. The second-order valence-corrected chi connectivity index (χ2v) is 8.32. The van der Waals surface area contributed by atoms with E-state index in [1.807, 2.05) is 0 Å². The summed E-state index contributed by atoms with van der Waals surface area (Å²) in [5.74, 6) is -3.86. The van der Waals surface area contributed by atoms with Crippen molar-refractivity contribution in [2.24, 2.45) is 0 Å². The van der Waals surface area contributed by atoms with E-state index in [1.54, 1.807) is 12.1 Å². The molecule has 0 unspecified atom stereocenters. The third-order valence-corrected chi connectivity index (χ3v) is 5.50. The average Bonchev–Trinajstić information content (AvgIpc) is 2.93. The van der Waals surface area contributed by atoms with Gasteiger partial charge in [-0.1, -0.05) is 12.1 Å². The van der Waals surface area contributed by atoms with Crippen molar-refractivity contribution in [1.82, 2.24) is 4.90 Å². The fourth-order valence-electron chi connectivity index (χ4n) is 3.70. The molecule has 0 radical (unpaired) electrons. The number of carbonyl (C=O) groups is 5. The minimum absolute atomic E-state index is 0.0773. The normalized spacial score (nSPS) is 29.3. The third-order valence-electron chi connectivity index (χ3n) is 4.84. The van der Waals surface area contributed by atoms with Gasteiger partial charge < -0.3 is 24.1 Å². The van der Waals surface area contributed by atoms with Gasteiger partial charge in [0.1, 0.15) is 18.8 Å². The first-order valence-electron chi connectivity index (χ1n) is 9.48. The number of hydrogen-bond acceptors (Lipinski definition) is 10. The lowest BCUT2D eigenvalue weighted by atomic mass is 9.94. The highest BCUT2D eigenvalue weighted by atomic mass is 79.9. The fourth-order valence-corrected chi connectivity index (χ4v) is 4.40. The molecule has 2 amide bonds. The van der Waals surface area contributed by atoms with Gasteiger partial charge >= 0.3 is 17.9 Å². The van der Waals surface area contributed by atoms with Gasteiger partial charge in [-0.3, -0.25) is 28.9 Å². The minimum Gasteiger partial charge on any atom is -0.463 e. The van der Waals surface area contributed by atoms with Crippen molar-refractivity contribution in [1.29, 1.82) is 0 Å². The lowest BCUT2D eigenvalue weighted by molar-refractivity contribution is -0.285. The summed E-state index contributed by atoms with van der Waals surface area (Å²) in [5.41, 5.74) is 0.155. The van der Waals surface area contributed by atoms with Crippen LogP contribution in [0.5, 0.6) is 0 Å². The van der Waals surface area contributed by atoms with Crippen molar-refractivity contribution in [2.75, 3.05) is 6.61 Å². The van der Waals surface area contributed by atoms with E-state index >= 15 is 0 Å². The van der Waals surface area contributed by atoms with E-state index in [0.717, 1.165) is 20.8 Å². The van der Waals surface area contributed by atoms with Gasteiger partial charge in [0.15, 0.2) is 12.2 Å². The van der Waals surface area contributed by atoms with E-state index < -0.39 is 65.4 Å². The number of imide groups is 1. The molecular formula is C20H20BrNO10. The monoisotopic (exact) mass is 513 g/mol. The van der Waals surface area contributed by atoms with E-state index in [1.165, 1.54) is 12.1 Å². The predicted molar refractivity (Wildman–Crippen MR) is 107 cm³/mol. The molecule has 1 N–H and O–H groups in total. The molecule has 2 aliphatic rings. The Morgan fingerprint density at radius 1 is 1.00 bits per heavy atom. The number of aliphatic hydroxyl groups is 1. The number of halogens is 1. The Morgan fingerprint density at radius 2 is 1.50 bits per heavy atom. The van der Waals surface area contributed by atoms with Crippen LogP contribution >= 0.6 is 15.9 Å². The van der Waals surface area contributed by atoms with E-state index in [9.17, 15) is 29.1 Å². The molecule has 3 rings (SSSR count). The first-order chi connectivity index (χ1) is 14.9. The number of ether oxygens (including phenoxy) is 4. The summed E-state index contributed by atoms with van der Waals surface area (Å²) in [6.07, 6.45) is -4.29. The van der Waals surface area contributed by atoms with E-state index in [2.05, 4.69) is 15.9 Å². The molecule has 0 saturated carbocycles. The first kappa shape index (κ1) is 23.8. The molecule has 1 aromatic rings. The summed E-state index contributed by atoms with van der Waals surface area (Å²) < 4.78 is 18.6. The van der Waals surface area contributed by atoms with E-state index in [-0.39, 0.29) is 11.1 Å². The summed E-state index contributed by atoms with van der Waals surface area (Å²) in [7, 11) is 0. The van der Waals surface area contributed by atoms with Gasteiger partial charge in [0.2, 0.25) is 4.70 Å². The third kappa shape index (κ3) is 4.52. The predicted octanol–water partition coefficient (Wildman–Crippen LogP) is 0.518. The Bertz CT molecular complexity index is 942. The second kappa shape index (κ2) is 8.96. The highest BCUT2D eigenvalue weighted by molar-refractivity contribution is 9.10. The molecule has 0 aliphatic carbocycles. The Morgan fingerprint density at radius 3 is 1.97 bits per heavy atom. The Kier molecular flexibility index (Phi) is 6.67. The number of nitrogens with zero attached hydrogens (tertiary/aromatic N) is 1. The highest BCUT2D eigenvalue weighted by Crippen LogP contribution is 2.41. The largest absolute Gasteiger partial charge is 0.463 e. The molecule has 172 valence electrons. The van der Waals surface area contributed by atoms with Gasteiger partial charge in [0.25, 0.3) is 11.8 Å². The van der Waals surface area contributed by atoms with Crippen LogP contribution in [0.2, 0.25) is 0 Å². The number of benzene rings is 1. The van der Waals surface area contributed by atoms with Crippen LogP contribution in [0.25, 0.3) is 0 Å². The topological polar surface area (TPSA) is 146 Å². The molecular weight excluding hydrogens is 494 g/mol. The highest BCUT2D eigenvalue weighted by Gasteiger charge is 2.62. The lowest BCUT2D eigenvalue weighted by Gasteiger charge is -2.49. The van der Waals surface area contributed by atoms with Gasteiger partial charge in [-0.2, -0.15) is 0 Å². The molecule has 5 atom stereocenters. The number of carbonyl (C=O) groups excluding carboxylic acids is 5. The SMILES string of the molecule is CC(=O)OC[C@H]1O[C@@](O)(Br)[C@H](N2C(=O)c3ccccc3C2=O)[C@@H](OC(C)=O)[C@H]1OC(C)=O. The standard InChI is InChI=1S/C20H20BrNO10/c1-9(23)29-8-14-15(30-10(2)24)16(31-11(3)25)17(20(21,28)32-14)22-18(26)12-6-4-5-7-13(12)19(22)27/h4-7,14-17,28H,8H2,1-3H3/t14-,15+,16+,17-,20-/m1/s1. The molecule has 0 aromatic heterocycles. The quantitative estimate of drug-likeness (QED) is 0.255. The Labute approximate surface area is 190 Å². The van der Waals surface area contributed by atoms with Crippen LogP contribution in [0.4, 0.5) is 0 Å². The Balaban J connectivity index is 2.08. The summed E-state index contributed by atoms with van der Waals surface area (Å²) >= 11 is 2.96. The zero-order valence-corrected chi connectivity index (χ0v) is 18.9. The molecule has 12 heteroatoms. The van der Waals surface area contributed by atoms with Crippen molar-refractivity contribution in [3.8, 4) is 0 Å². The lowest BCUT2D eigenvalue weighted by Crippen LogP contribution is -2.70. The average molecular weight is 514 g/mol. The molecule has 11 nitrogen and oxygen atoms in total. The van der Waals surface area contributed by atoms with Crippen LogP contribution in [0.1, 0.15) is 41.5 Å². The zero-order chi connectivity index (χ0) is 23.8. The number of esters is 3. The number of rotatable bonds is 5. The second-order valence-electron chi connectivity index (χ2n) is 7.19. The Hall–Kier alpha value is -2.83. The summed E-state index contributed by atoms with van der Waals surface area (Å²) in [6, 6.07) is 4.33. The molecule has 1 fully saturated rings. The maximum atomic E-state index is 13.1. The van der Waals surface area contributed by atoms with Crippen molar-refractivity contribution in [3.63, 3.8) is 0 Å². The van der Waals surface area contributed by atoms with Crippen LogP contribution in [0.3, 0.4) is 0 Å². The van der Waals surface area contributed by atoms with Gasteiger partial charge in [0, 0.05) is 20.8 Å². The van der Waals surface area contributed by atoms with Crippen LogP contribution in [0, 0.1) is 0 Å². The molecule has 0 spiro atoms. The molecule has 0 bridgehead atoms. The zero-order valence-electron chi connectivity index (χ0n) is 17.3. The van der Waals surface area contributed by atoms with Crippen LogP contribution in [0.15, 0.2) is 24.3 Å². The number of alkyl halides is 1. The first-order valence-corrected chi connectivity index (χ1v) is 10.3. The molecule has 1 aromatic carbocycles. The van der Waals surface area contributed by atoms with E-state index in [0.29, 0.717) is 4.90 Å². The van der Waals surface area contributed by atoms with Gasteiger partial charge in [-0.25, -0.2) is 0 Å². The van der Waals surface area contributed by atoms with Crippen molar-refractivity contribution >= 4 is 45.7 Å². The molecule has 2 aliphatic heterocycles. The van der Waals surface area contributed by atoms with Gasteiger partial charge in [-0.15, -0.1) is 0 Å². The number of hydrogen-bond donors (Lipinski definition) is 1. The van der Waals surface area contributed by atoms with Crippen molar-refractivity contribution in [2.45, 2.75) is 49.8 Å². The molecule has 1 saturated heterocycles. The number of fused-ring (bicyclic) bond motifs is 1.